The highest BCUT2D eigenvalue weighted by atomic mass is 35.5. The van der Waals surface area contributed by atoms with E-state index in [0.29, 0.717) is 53.1 Å². The van der Waals surface area contributed by atoms with Crippen molar-refractivity contribution in [1.82, 2.24) is 47.9 Å². The number of hydrogen-bond acceptors (Lipinski definition) is 16. The molecule has 10 amide bonds. The first-order valence-electron chi connectivity index (χ1n) is 28.5. The van der Waals surface area contributed by atoms with E-state index < -0.39 is 114 Å². The van der Waals surface area contributed by atoms with Crippen molar-refractivity contribution < 1.29 is 63.3 Å². The van der Waals surface area contributed by atoms with Crippen LogP contribution in [0.15, 0.2) is 97.1 Å². The Hall–Kier alpha value is -7.91. The van der Waals surface area contributed by atoms with Crippen LogP contribution in [0, 0.1) is 0 Å². The molecular weight excluding hydrogens is 1180 g/mol. The summed E-state index contributed by atoms with van der Waals surface area (Å²) in [5.41, 5.74) is 13.4. The minimum absolute atomic E-state index is 0.0223. The number of carbonyl (C=O) groups is 10. The van der Waals surface area contributed by atoms with Gasteiger partial charge >= 0.3 is 0 Å². The third kappa shape index (κ3) is 23.7. The van der Waals surface area contributed by atoms with Crippen molar-refractivity contribution in [2.75, 3.05) is 25.1 Å². The number of benzene rings is 4. The first-order chi connectivity index (χ1) is 41.5. The third-order valence-electron chi connectivity index (χ3n) is 14.1. The van der Waals surface area contributed by atoms with Crippen molar-refractivity contribution in [3.63, 3.8) is 0 Å². The van der Waals surface area contributed by atoms with Crippen LogP contribution in [0.5, 0.6) is 11.5 Å². The topological polar surface area (TPSA) is 392 Å². The second-order valence-electron chi connectivity index (χ2n) is 21.1. The van der Waals surface area contributed by atoms with Gasteiger partial charge in [-0.3, -0.25) is 47.9 Å². The zero-order valence-corrected chi connectivity index (χ0v) is 51.0. The lowest BCUT2D eigenvalue weighted by atomic mass is 10.00. The van der Waals surface area contributed by atoms with Crippen LogP contribution in [-0.2, 0) is 68.8 Å². The standard InChI is InChI=1S/C60H78ClN11O13S2/c1-4-5-6-10-50(76)65-45(29-36-13-21-40(61)22-14-36)55(80)70-48-32-86-87-33-49(58(83)67-44(53(63)78)28-37-15-23-41(74)24-16-37)71-60(85)51(34(2)73)72-54(79)43(9-7-8-27-64-3)66-56(81)46(30-35-11-19-39(20-12-35)52(62)77)68-57(82)47(69-59(48)84)31-38-17-25-42(75)26-18-38/h11-26,34,43-49,51,64,73-75H,4-10,27-33H2,1-3H3,(H2,62,77)(H2,63,78)(H,65,76)(H,66,81)(H,67,83)(H,68,82)(H,69,84)(H,70,80)(H,71,85)(H,72,79)/t34-,43+,44-,45+,46-,47+,48-,49+,51+/m1/s1. The van der Waals surface area contributed by atoms with Crippen molar-refractivity contribution in [1.29, 1.82) is 0 Å². The maximum Gasteiger partial charge on any atom is 0.248 e. The van der Waals surface area contributed by atoms with E-state index >= 15 is 4.79 Å². The van der Waals surface area contributed by atoms with E-state index in [1.807, 2.05) is 6.92 Å². The Kier molecular flexibility index (Phi) is 28.6. The number of aromatic hydroxyl groups is 2. The number of phenolic OH excluding ortho intramolecular Hbond substituents is 2. The molecule has 1 saturated heterocycles. The van der Waals surface area contributed by atoms with Gasteiger partial charge in [-0.1, -0.05) is 101 Å². The van der Waals surface area contributed by atoms with Gasteiger partial charge in [-0.2, -0.15) is 0 Å². The molecule has 4 aromatic carbocycles. The number of nitrogens with two attached hydrogens (primary N) is 2. The van der Waals surface area contributed by atoms with Gasteiger partial charge in [0.25, 0.3) is 0 Å². The molecule has 9 atom stereocenters. The van der Waals surface area contributed by atoms with Crippen LogP contribution in [0.25, 0.3) is 0 Å². The molecule has 470 valence electrons. The van der Waals surface area contributed by atoms with Gasteiger partial charge < -0.3 is 74.6 Å². The number of aliphatic hydroxyl groups excluding tert-OH is 1. The molecule has 1 heterocycles. The zero-order chi connectivity index (χ0) is 63.6. The van der Waals surface area contributed by atoms with E-state index in [2.05, 4.69) is 47.9 Å². The summed E-state index contributed by atoms with van der Waals surface area (Å²) in [7, 11) is 3.60. The summed E-state index contributed by atoms with van der Waals surface area (Å²) in [5, 5.41) is 56.0. The number of unbranched alkanes of at least 4 members (excludes halogenated alkanes) is 3. The molecule has 1 aliphatic heterocycles. The average Bonchev–Trinajstić information content (AvgIpc) is 3.66. The lowest BCUT2D eigenvalue weighted by Crippen LogP contribution is -2.62. The molecule has 1 fully saturated rings. The van der Waals surface area contributed by atoms with E-state index in [-0.39, 0.29) is 67.1 Å². The Morgan fingerprint density at radius 1 is 0.621 bits per heavy atom. The summed E-state index contributed by atoms with van der Waals surface area (Å²) in [6, 6.07) is 12.0. The highest BCUT2D eigenvalue weighted by Crippen LogP contribution is 2.25. The van der Waals surface area contributed by atoms with Crippen LogP contribution in [-0.4, -0.2) is 154 Å². The van der Waals surface area contributed by atoms with Crippen LogP contribution in [0.2, 0.25) is 5.02 Å². The number of nitrogens with one attached hydrogen (secondary N) is 9. The van der Waals surface area contributed by atoms with Gasteiger partial charge in [-0.25, -0.2) is 0 Å². The number of carbonyl (C=O) groups excluding carboxylic acids is 10. The lowest BCUT2D eigenvalue weighted by Gasteiger charge is -2.29. The lowest BCUT2D eigenvalue weighted by molar-refractivity contribution is -0.136. The van der Waals surface area contributed by atoms with Gasteiger partial charge in [0, 0.05) is 54.2 Å². The molecule has 0 radical (unpaired) electrons. The Morgan fingerprint density at radius 3 is 1.69 bits per heavy atom. The molecule has 0 unspecified atom stereocenters. The molecule has 1 aliphatic rings. The number of primary amides is 2. The predicted molar refractivity (Wildman–Crippen MR) is 331 cm³/mol. The van der Waals surface area contributed by atoms with Crippen LogP contribution in [0.1, 0.15) is 91.4 Å². The second-order valence-corrected chi connectivity index (χ2v) is 24.1. The highest BCUT2D eigenvalue weighted by Gasteiger charge is 2.37. The van der Waals surface area contributed by atoms with Gasteiger partial charge in [0.15, 0.2) is 0 Å². The molecule has 0 aliphatic carbocycles. The van der Waals surface area contributed by atoms with Crippen LogP contribution >= 0.6 is 33.2 Å². The molecule has 5 rings (SSSR count). The number of phenols is 2. The predicted octanol–water partition coefficient (Wildman–Crippen LogP) is 1.23. The zero-order valence-electron chi connectivity index (χ0n) is 48.6. The maximum absolute atomic E-state index is 15.0. The number of rotatable bonds is 25. The van der Waals surface area contributed by atoms with Crippen molar-refractivity contribution >= 4 is 92.3 Å². The van der Waals surface area contributed by atoms with Crippen molar-refractivity contribution in [2.24, 2.45) is 11.5 Å². The normalized spacial score (nSPS) is 20.1. The summed E-state index contributed by atoms with van der Waals surface area (Å²) in [6.45, 7) is 3.70. The molecule has 0 saturated carbocycles. The van der Waals surface area contributed by atoms with Crippen LogP contribution < -0.4 is 59.3 Å². The summed E-state index contributed by atoms with van der Waals surface area (Å²) in [6.07, 6.45) is 0.737. The summed E-state index contributed by atoms with van der Waals surface area (Å²) in [4.78, 5) is 141. The van der Waals surface area contributed by atoms with Gasteiger partial charge in [0.05, 0.1) is 6.10 Å². The van der Waals surface area contributed by atoms with Crippen LogP contribution in [0.4, 0.5) is 0 Å². The fraction of sp³-hybridized carbons (Fsp3) is 0.433. The first kappa shape index (κ1) is 69.9. The van der Waals surface area contributed by atoms with E-state index in [4.69, 9.17) is 23.1 Å². The Morgan fingerprint density at radius 2 is 1.14 bits per heavy atom. The van der Waals surface area contributed by atoms with Gasteiger partial charge in [-0.05, 0) is 117 Å². The fourth-order valence-electron chi connectivity index (χ4n) is 9.08. The molecule has 0 bridgehead atoms. The summed E-state index contributed by atoms with van der Waals surface area (Å²) < 4.78 is 0. The summed E-state index contributed by atoms with van der Waals surface area (Å²) >= 11 is 6.19. The molecule has 27 heteroatoms. The number of aliphatic hydroxyl groups is 1. The molecule has 0 spiro atoms. The number of halogens is 1. The number of hydrogen-bond donors (Lipinski definition) is 14. The van der Waals surface area contributed by atoms with Crippen molar-refractivity contribution in [3.8, 4) is 11.5 Å². The van der Waals surface area contributed by atoms with E-state index in [1.165, 1.54) is 79.7 Å². The van der Waals surface area contributed by atoms with Gasteiger partial charge in [-0.15, -0.1) is 0 Å². The average molecular weight is 1260 g/mol. The quantitative estimate of drug-likeness (QED) is 0.0328. The first-order valence-corrected chi connectivity index (χ1v) is 31.4. The SMILES string of the molecule is CCCCCC(=O)N[C@@H](Cc1ccc(Cl)cc1)C(=O)N[C@@H]1CSSC[C@@H](C(=O)N[C@H](Cc2ccc(O)cc2)C(N)=O)NC(=O)[C@H]([C@@H](C)O)NC(=O)[C@H](CCCCNC)NC(=O)[C@@H](Cc2ccc(C(N)=O)cc2)NC(=O)[C@H](Cc2ccc(O)cc2)NC1=O. The van der Waals surface area contributed by atoms with Gasteiger partial charge in [0.2, 0.25) is 59.1 Å². The van der Waals surface area contributed by atoms with Gasteiger partial charge in [0.1, 0.15) is 59.8 Å². The van der Waals surface area contributed by atoms with E-state index in [9.17, 15) is 58.5 Å². The smallest absolute Gasteiger partial charge is 0.248 e. The Labute approximate surface area is 517 Å². The minimum Gasteiger partial charge on any atom is -0.508 e. The molecule has 87 heavy (non-hydrogen) atoms. The molecule has 16 N–H and O–H groups in total. The molecular formula is C60H78ClN11O13S2. The third-order valence-corrected chi connectivity index (χ3v) is 16.7. The second kappa shape index (κ2) is 35.7. The Balaban J connectivity index is 1.62. The highest BCUT2D eigenvalue weighted by molar-refractivity contribution is 8.76. The van der Waals surface area contributed by atoms with Crippen molar-refractivity contribution in [3.05, 3.63) is 130 Å². The molecule has 0 aromatic heterocycles. The largest absolute Gasteiger partial charge is 0.508 e. The van der Waals surface area contributed by atoms with E-state index in [1.54, 1.807) is 31.3 Å². The van der Waals surface area contributed by atoms with Crippen LogP contribution in [0.3, 0.4) is 0 Å². The van der Waals surface area contributed by atoms with Crippen molar-refractivity contribution in [2.45, 2.75) is 139 Å². The minimum atomic E-state index is -1.77. The van der Waals surface area contributed by atoms with E-state index in [0.717, 1.165) is 34.4 Å². The fourth-order valence-corrected chi connectivity index (χ4v) is 11.5. The maximum atomic E-state index is 15.0. The summed E-state index contributed by atoms with van der Waals surface area (Å²) in [5.74, 6) is -9.38. The number of amides is 10. The monoisotopic (exact) mass is 1260 g/mol. The molecule has 4 aromatic rings. The molecule has 24 nitrogen and oxygen atoms in total. The Bertz CT molecular complexity index is 2980.